The fourth-order valence-electron chi connectivity index (χ4n) is 4.02. The van der Waals surface area contributed by atoms with Gasteiger partial charge in [0.15, 0.2) is 0 Å². The van der Waals surface area contributed by atoms with Gasteiger partial charge >= 0.3 is 17.9 Å². The van der Waals surface area contributed by atoms with Crippen molar-refractivity contribution in [1.82, 2.24) is 10.4 Å². The second-order valence-corrected chi connectivity index (χ2v) is 7.36. The summed E-state index contributed by atoms with van der Waals surface area (Å²) in [5.74, 6) is -4.37. The third-order valence-electron chi connectivity index (χ3n) is 5.64. The fourth-order valence-corrected chi connectivity index (χ4v) is 4.02. The van der Waals surface area contributed by atoms with E-state index in [1.807, 2.05) is 13.8 Å². The smallest absolute Gasteiger partial charge is 0.326 e. The Kier molecular flexibility index (Phi) is 9.73. The first kappa shape index (κ1) is 23.4. The lowest BCUT2D eigenvalue weighted by Crippen LogP contribution is -2.62. The number of carbonyl (C=O) groups is 3. The fraction of sp³-hybridized carbons (Fsp3) is 0.842. The monoisotopic (exact) mass is 386 g/mol. The maximum atomic E-state index is 12.2. The predicted octanol–water partition coefficient (Wildman–Crippen LogP) is 2.58. The van der Waals surface area contributed by atoms with E-state index in [9.17, 15) is 24.6 Å². The maximum Gasteiger partial charge on any atom is 0.326 e. The first-order valence-corrected chi connectivity index (χ1v) is 10.0. The van der Waals surface area contributed by atoms with E-state index in [1.54, 1.807) is 5.01 Å². The minimum absolute atomic E-state index is 0.297. The highest BCUT2D eigenvalue weighted by molar-refractivity contribution is 5.87. The molecule has 1 heterocycles. The molecular weight excluding hydrogens is 352 g/mol. The van der Waals surface area contributed by atoms with Crippen molar-refractivity contribution in [3.05, 3.63) is 0 Å². The van der Waals surface area contributed by atoms with Gasteiger partial charge in [-0.3, -0.25) is 19.8 Å². The average Bonchev–Trinajstić information content (AvgIpc) is 3.02. The molecule has 0 radical (unpaired) electrons. The Labute approximate surface area is 160 Å². The quantitative estimate of drug-likeness (QED) is 0.336. The van der Waals surface area contributed by atoms with Gasteiger partial charge in [-0.2, -0.15) is 0 Å². The van der Waals surface area contributed by atoms with E-state index in [1.165, 1.54) is 0 Å². The summed E-state index contributed by atoms with van der Waals surface area (Å²) in [5, 5.41) is 30.3. The van der Waals surface area contributed by atoms with Crippen LogP contribution in [-0.4, -0.2) is 56.9 Å². The van der Waals surface area contributed by atoms with Crippen molar-refractivity contribution in [3.63, 3.8) is 0 Å². The SMILES string of the molecule is CCCCCC(C(=O)O)C1(C(=O)O)CCCN1NCCCC(CC)C(=O)O. The van der Waals surface area contributed by atoms with Crippen LogP contribution in [0.2, 0.25) is 0 Å². The van der Waals surface area contributed by atoms with Crippen molar-refractivity contribution < 1.29 is 29.7 Å². The number of unbranched alkanes of at least 4 members (excludes halogenated alkanes) is 2. The largest absolute Gasteiger partial charge is 0.481 e. The van der Waals surface area contributed by atoms with E-state index in [2.05, 4.69) is 5.43 Å². The van der Waals surface area contributed by atoms with E-state index in [0.717, 1.165) is 12.8 Å². The van der Waals surface area contributed by atoms with Gasteiger partial charge in [-0.25, -0.2) is 5.01 Å². The molecule has 1 aliphatic heterocycles. The summed E-state index contributed by atoms with van der Waals surface area (Å²) in [7, 11) is 0. The molecule has 4 N–H and O–H groups in total. The average molecular weight is 386 g/mol. The van der Waals surface area contributed by atoms with Crippen LogP contribution in [0.25, 0.3) is 0 Å². The summed E-state index contributed by atoms with van der Waals surface area (Å²) < 4.78 is 0. The third-order valence-corrected chi connectivity index (χ3v) is 5.64. The Balaban J connectivity index is 2.80. The van der Waals surface area contributed by atoms with Crippen molar-refractivity contribution in [2.75, 3.05) is 13.1 Å². The second kappa shape index (κ2) is 11.2. The van der Waals surface area contributed by atoms with Crippen LogP contribution < -0.4 is 5.43 Å². The number of carboxylic acid groups (broad SMARTS) is 3. The van der Waals surface area contributed by atoms with E-state index >= 15 is 0 Å². The summed E-state index contributed by atoms with van der Waals surface area (Å²) in [6.07, 6.45) is 5.40. The van der Waals surface area contributed by atoms with Gasteiger partial charge in [-0.1, -0.05) is 33.1 Å². The normalized spacial score (nSPS) is 22.4. The first-order valence-electron chi connectivity index (χ1n) is 10.0. The van der Waals surface area contributed by atoms with Crippen LogP contribution >= 0.6 is 0 Å². The highest BCUT2D eigenvalue weighted by atomic mass is 16.4. The number of carboxylic acids is 3. The molecule has 1 fully saturated rings. The van der Waals surface area contributed by atoms with E-state index in [0.29, 0.717) is 58.0 Å². The lowest BCUT2D eigenvalue weighted by atomic mass is 9.79. The number of hydrazine groups is 1. The number of rotatable bonds is 14. The zero-order valence-electron chi connectivity index (χ0n) is 16.4. The van der Waals surface area contributed by atoms with Crippen molar-refractivity contribution in [2.24, 2.45) is 11.8 Å². The molecule has 0 aliphatic carbocycles. The molecule has 0 spiro atoms. The maximum absolute atomic E-state index is 12.2. The van der Waals surface area contributed by atoms with Crippen LogP contribution in [0.1, 0.15) is 71.6 Å². The van der Waals surface area contributed by atoms with Gasteiger partial charge in [-0.15, -0.1) is 0 Å². The molecule has 0 saturated carbocycles. The predicted molar refractivity (Wildman–Crippen MR) is 100 cm³/mol. The zero-order chi connectivity index (χ0) is 20.4. The molecule has 3 atom stereocenters. The molecule has 156 valence electrons. The molecule has 8 heteroatoms. The molecular formula is C19H34N2O6. The number of hydrogen-bond acceptors (Lipinski definition) is 5. The Morgan fingerprint density at radius 1 is 1.04 bits per heavy atom. The topological polar surface area (TPSA) is 127 Å². The molecule has 1 rings (SSSR count). The van der Waals surface area contributed by atoms with Gasteiger partial charge in [-0.05, 0) is 38.5 Å². The summed E-state index contributed by atoms with van der Waals surface area (Å²) in [6, 6.07) is 0. The molecule has 1 saturated heterocycles. The number of nitrogens with one attached hydrogen (secondary N) is 1. The van der Waals surface area contributed by atoms with Gasteiger partial charge < -0.3 is 15.3 Å². The molecule has 0 amide bonds. The van der Waals surface area contributed by atoms with Crippen LogP contribution in [0.4, 0.5) is 0 Å². The highest BCUT2D eigenvalue weighted by Gasteiger charge is 2.56. The minimum Gasteiger partial charge on any atom is -0.481 e. The van der Waals surface area contributed by atoms with Gasteiger partial charge in [0.2, 0.25) is 0 Å². The number of hydrogen-bond donors (Lipinski definition) is 4. The van der Waals surface area contributed by atoms with Crippen molar-refractivity contribution in [1.29, 1.82) is 0 Å². The van der Waals surface area contributed by atoms with Gasteiger partial charge in [0.1, 0.15) is 5.54 Å². The van der Waals surface area contributed by atoms with Crippen LogP contribution in [0, 0.1) is 11.8 Å². The zero-order valence-corrected chi connectivity index (χ0v) is 16.4. The molecule has 3 unspecified atom stereocenters. The van der Waals surface area contributed by atoms with Crippen molar-refractivity contribution >= 4 is 17.9 Å². The lowest BCUT2D eigenvalue weighted by molar-refractivity contribution is -0.166. The van der Waals surface area contributed by atoms with Crippen LogP contribution in [-0.2, 0) is 14.4 Å². The van der Waals surface area contributed by atoms with Gasteiger partial charge in [0, 0.05) is 13.1 Å². The van der Waals surface area contributed by atoms with E-state index in [4.69, 9.17) is 5.11 Å². The molecule has 8 nitrogen and oxygen atoms in total. The van der Waals surface area contributed by atoms with Crippen molar-refractivity contribution in [2.45, 2.75) is 77.2 Å². The summed E-state index contributed by atoms with van der Waals surface area (Å²) >= 11 is 0. The highest BCUT2D eigenvalue weighted by Crippen LogP contribution is 2.38. The molecule has 0 aromatic heterocycles. The van der Waals surface area contributed by atoms with Gasteiger partial charge in [0.25, 0.3) is 0 Å². The molecule has 1 aliphatic rings. The lowest BCUT2D eigenvalue weighted by Gasteiger charge is -2.39. The van der Waals surface area contributed by atoms with Gasteiger partial charge in [0.05, 0.1) is 11.8 Å². The number of aliphatic carboxylic acids is 3. The van der Waals surface area contributed by atoms with Crippen LogP contribution in [0.5, 0.6) is 0 Å². The molecule has 0 aromatic rings. The van der Waals surface area contributed by atoms with E-state index in [-0.39, 0.29) is 0 Å². The summed E-state index contributed by atoms with van der Waals surface area (Å²) in [5.41, 5.74) is 1.65. The number of nitrogens with zero attached hydrogens (tertiary/aromatic N) is 1. The third kappa shape index (κ3) is 5.90. The Hall–Kier alpha value is -1.67. The Morgan fingerprint density at radius 2 is 1.74 bits per heavy atom. The Morgan fingerprint density at radius 3 is 2.26 bits per heavy atom. The van der Waals surface area contributed by atoms with Crippen LogP contribution in [0.15, 0.2) is 0 Å². The molecule has 0 bridgehead atoms. The summed E-state index contributed by atoms with van der Waals surface area (Å²) in [6.45, 7) is 4.75. The summed E-state index contributed by atoms with van der Waals surface area (Å²) in [4.78, 5) is 35.1. The molecule has 0 aromatic carbocycles. The Bertz CT molecular complexity index is 512. The van der Waals surface area contributed by atoms with E-state index < -0.39 is 35.3 Å². The molecule has 27 heavy (non-hydrogen) atoms. The van der Waals surface area contributed by atoms with Crippen molar-refractivity contribution in [3.8, 4) is 0 Å². The van der Waals surface area contributed by atoms with Crippen LogP contribution in [0.3, 0.4) is 0 Å². The minimum atomic E-state index is -1.45. The first-order chi connectivity index (χ1) is 12.8. The standard InChI is InChI=1S/C19H34N2O6/c1-3-5-6-10-15(17(24)25)19(18(26)27)11-8-13-21(19)20-12-7-9-14(4-2)16(22)23/h14-15,20H,3-13H2,1-2H3,(H,22,23)(H,24,25)(H,26,27). The second-order valence-electron chi connectivity index (χ2n) is 7.36.